The number of nitrogens with zero attached hydrogens (tertiary/aromatic N) is 1. The molecule has 29 heavy (non-hydrogen) atoms. The van der Waals surface area contributed by atoms with Crippen molar-refractivity contribution >= 4 is 56.6 Å². The third-order valence-corrected chi connectivity index (χ3v) is 7.85. The lowest BCUT2D eigenvalue weighted by molar-refractivity contribution is -0.113. The van der Waals surface area contributed by atoms with Gasteiger partial charge >= 0.3 is 0 Å². The fourth-order valence-electron chi connectivity index (χ4n) is 2.76. The molecule has 2 aromatic carbocycles. The molecule has 156 valence electrons. The summed E-state index contributed by atoms with van der Waals surface area (Å²) >= 11 is 13.3. The maximum absolute atomic E-state index is 12.7. The van der Waals surface area contributed by atoms with Crippen LogP contribution >= 0.6 is 35.0 Å². The highest BCUT2D eigenvalue weighted by Crippen LogP contribution is 2.25. The van der Waals surface area contributed by atoms with Crippen LogP contribution in [-0.2, 0) is 25.3 Å². The minimum Gasteiger partial charge on any atom is -0.379 e. The first kappa shape index (κ1) is 22.4. The summed E-state index contributed by atoms with van der Waals surface area (Å²) in [7, 11) is -3.61. The largest absolute Gasteiger partial charge is 0.379 e. The summed E-state index contributed by atoms with van der Waals surface area (Å²) < 4.78 is 32.1. The summed E-state index contributed by atoms with van der Waals surface area (Å²) in [5, 5.41) is 3.72. The number of nitrogens with one attached hydrogen (secondary N) is 1. The molecule has 0 spiro atoms. The second-order valence-electron chi connectivity index (χ2n) is 6.33. The number of carbonyl (C=O) groups is 1. The first-order chi connectivity index (χ1) is 13.9. The molecule has 0 saturated carbocycles. The van der Waals surface area contributed by atoms with Crippen LogP contribution in [0.2, 0.25) is 10.0 Å². The minimum atomic E-state index is -3.61. The number of morpholine rings is 1. The van der Waals surface area contributed by atoms with Gasteiger partial charge in [0.2, 0.25) is 15.9 Å². The molecule has 1 saturated heterocycles. The Morgan fingerprint density at radius 1 is 1.10 bits per heavy atom. The highest BCUT2D eigenvalue weighted by molar-refractivity contribution is 7.99. The van der Waals surface area contributed by atoms with Gasteiger partial charge in [0.1, 0.15) is 0 Å². The van der Waals surface area contributed by atoms with Gasteiger partial charge in [-0.15, -0.1) is 11.8 Å². The third kappa shape index (κ3) is 6.10. The molecule has 0 aliphatic carbocycles. The van der Waals surface area contributed by atoms with Gasteiger partial charge in [-0.3, -0.25) is 4.79 Å². The monoisotopic (exact) mass is 474 g/mol. The lowest BCUT2D eigenvalue weighted by Gasteiger charge is -2.26. The van der Waals surface area contributed by atoms with Gasteiger partial charge < -0.3 is 10.1 Å². The second kappa shape index (κ2) is 10.1. The summed E-state index contributed by atoms with van der Waals surface area (Å²) in [6.45, 7) is 1.41. The molecule has 1 N–H and O–H groups in total. The number of hydrogen-bond acceptors (Lipinski definition) is 5. The van der Waals surface area contributed by atoms with Gasteiger partial charge in [-0.1, -0.05) is 35.3 Å². The molecule has 1 amide bonds. The smallest absolute Gasteiger partial charge is 0.243 e. The zero-order chi connectivity index (χ0) is 20.9. The van der Waals surface area contributed by atoms with Gasteiger partial charge in [0.05, 0.1) is 33.9 Å². The van der Waals surface area contributed by atoms with Gasteiger partial charge in [0, 0.05) is 24.5 Å². The molecular formula is C19H20Cl2N2O4S2. The predicted molar refractivity (Wildman–Crippen MR) is 117 cm³/mol. The molecule has 0 aromatic heterocycles. The maximum atomic E-state index is 12.7. The molecule has 0 unspecified atom stereocenters. The molecular weight excluding hydrogens is 455 g/mol. The van der Waals surface area contributed by atoms with Crippen molar-refractivity contribution in [2.75, 3.05) is 37.4 Å². The number of thioether (sulfide) groups is 1. The van der Waals surface area contributed by atoms with Crippen molar-refractivity contribution in [2.24, 2.45) is 0 Å². The molecule has 1 heterocycles. The Labute approximate surface area is 184 Å². The average molecular weight is 475 g/mol. The Morgan fingerprint density at radius 3 is 2.59 bits per heavy atom. The van der Waals surface area contributed by atoms with Crippen molar-refractivity contribution in [1.29, 1.82) is 0 Å². The van der Waals surface area contributed by atoms with Crippen LogP contribution in [-0.4, -0.2) is 50.7 Å². The molecule has 1 aliphatic rings. The number of carbonyl (C=O) groups excluding carboxylic acids is 1. The van der Waals surface area contributed by atoms with E-state index in [-0.39, 0.29) is 16.6 Å². The lowest BCUT2D eigenvalue weighted by Crippen LogP contribution is -2.40. The number of rotatable bonds is 7. The Bertz CT molecular complexity index is 980. The van der Waals surface area contributed by atoms with Crippen LogP contribution in [0.15, 0.2) is 47.4 Å². The van der Waals surface area contributed by atoms with Crippen LogP contribution in [0.25, 0.3) is 0 Å². The fourth-order valence-corrected chi connectivity index (χ4v) is 5.31. The van der Waals surface area contributed by atoms with E-state index in [2.05, 4.69) is 5.32 Å². The Kier molecular flexibility index (Phi) is 7.84. The molecule has 10 heteroatoms. The standard InChI is InChI=1S/C19H20Cl2N2O4S2/c20-17-5-4-14(10-18(17)21)12-28-13-19(24)22-15-2-1-3-16(11-15)29(25,26)23-6-8-27-9-7-23/h1-5,10-11H,6-9,12-13H2,(H,22,24). The Balaban J connectivity index is 1.56. The SMILES string of the molecule is O=C(CSCc1ccc(Cl)c(Cl)c1)Nc1cccc(S(=O)(=O)N2CCOCC2)c1. The Hall–Kier alpha value is -1.29. The van der Waals surface area contributed by atoms with Crippen molar-refractivity contribution in [3.63, 3.8) is 0 Å². The number of hydrogen-bond donors (Lipinski definition) is 1. The molecule has 1 fully saturated rings. The average Bonchev–Trinajstić information content (AvgIpc) is 2.71. The molecule has 3 rings (SSSR count). The molecule has 0 bridgehead atoms. The number of amides is 1. The molecule has 0 radical (unpaired) electrons. The van der Waals surface area contributed by atoms with Gasteiger partial charge in [0.15, 0.2) is 0 Å². The topological polar surface area (TPSA) is 75.7 Å². The highest BCUT2D eigenvalue weighted by Gasteiger charge is 2.26. The third-order valence-electron chi connectivity index (χ3n) is 4.21. The van der Waals surface area contributed by atoms with E-state index in [0.29, 0.717) is 47.8 Å². The molecule has 0 atom stereocenters. The van der Waals surface area contributed by atoms with Crippen LogP contribution in [0.1, 0.15) is 5.56 Å². The van der Waals surface area contributed by atoms with Gasteiger partial charge in [-0.2, -0.15) is 4.31 Å². The highest BCUT2D eigenvalue weighted by atomic mass is 35.5. The van der Waals surface area contributed by atoms with Crippen LogP contribution in [0.3, 0.4) is 0 Å². The number of halogens is 2. The van der Waals surface area contributed by atoms with E-state index in [1.807, 2.05) is 6.07 Å². The zero-order valence-corrected chi connectivity index (χ0v) is 18.6. The second-order valence-corrected chi connectivity index (χ2v) is 10.1. The van der Waals surface area contributed by atoms with Crippen molar-refractivity contribution in [2.45, 2.75) is 10.6 Å². The number of benzene rings is 2. The van der Waals surface area contributed by atoms with Crippen molar-refractivity contribution in [3.05, 3.63) is 58.1 Å². The lowest BCUT2D eigenvalue weighted by atomic mass is 10.2. The number of sulfonamides is 1. The first-order valence-electron chi connectivity index (χ1n) is 8.86. The molecule has 1 aliphatic heterocycles. The van der Waals surface area contributed by atoms with E-state index < -0.39 is 10.0 Å². The van der Waals surface area contributed by atoms with Crippen molar-refractivity contribution in [3.8, 4) is 0 Å². The predicted octanol–water partition coefficient (Wildman–Crippen LogP) is 3.89. The van der Waals surface area contributed by atoms with E-state index in [4.69, 9.17) is 27.9 Å². The summed E-state index contributed by atoms with van der Waals surface area (Å²) in [5.41, 5.74) is 1.41. The Morgan fingerprint density at radius 2 is 1.86 bits per heavy atom. The van der Waals surface area contributed by atoms with Crippen LogP contribution in [0.4, 0.5) is 5.69 Å². The van der Waals surface area contributed by atoms with Crippen LogP contribution in [0, 0.1) is 0 Å². The van der Waals surface area contributed by atoms with E-state index in [1.54, 1.807) is 24.3 Å². The van der Waals surface area contributed by atoms with Gasteiger partial charge in [-0.05, 0) is 35.9 Å². The van der Waals surface area contributed by atoms with E-state index in [0.717, 1.165) is 5.56 Å². The van der Waals surface area contributed by atoms with Gasteiger partial charge in [0.25, 0.3) is 0 Å². The minimum absolute atomic E-state index is 0.153. The van der Waals surface area contributed by atoms with E-state index in [1.165, 1.54) is 28.2 Å². The molecule has 6 nitrogen and oxygen atoms in total. The van der Waals surface area contributed by atoms with Crippen LogP contribution < -0.4 is 5.32 Å². The first-order valence-corrected chi connectivity index (χ1v) is 12.2. The van der Waals surface area contributed by atoms with Crippen LogP contribution in [0.5, 0.6) is 0 Å². The quantitative estimate of drug-likeness (QED) is 0.658. The van der Waals surface area contributed by atoms with E-state index >= 15 is 0 Å². The number of ether oxygens (including phenoxy) is 1. The zero-order valence-electron chi connectivity index (χ0n) is 15.4. The van der Waals surface area contributed by atoms with Crippen molar-refractivity contribution in [1.82, 2.24) is 4.31 Å². The fraction of sp³-hybridized carbons (Fsp3) is 0.316. The normalized spacial score (nSPS) is 15.2. The number of anilines is 1. The summed E-state index contributed by atoms with van der Waals surface area (Å²) in [4.78, 5) is 12.4. The van der Waals surface area contributed by atoms with Crippen molar-refractivity contribution < 1.29 is 17.9 Å². The summed E-state index contributed by atoms with van der Waals surface area (Å²) in [6.07, 6.45) is 0. The van der Waals surface area contributed by atoms with Gasteiger partial charge in [-0.25, -0.2) is 8.42 Å². The summed E-state index contributed by atoms with van der Waals surface area (Å²) in [6, 6.07) is 11.6. The molecule has 2 aromatic rings. The van der Waals surface area contributed by atoms with E-state index in [9.17, 15) is 13.2 Å². The summed E-state index contributed by atoms with van der Waals surface area (Å²) in [5.74, 6) is 0.618. The maximum Gasteiger partial charge on any atom is 0.243 e.